The minimum absolute atomic E-state index is 0.0806. The van der Waals surface area contributed by atoms with Crippen molar-refractivity contribution in [3.05, 3.63) is 85.8 Å². The van der Waals surface area contributed by atoms with Crippen LogP contribution in [0.4, 0.5) is 0 Å². The van der Waals surface area contributed by atoms with Crippen molar-refractivity contribution < 1.29 is 17.9 Å². The van der Waals surface area contributed by atoms with E-state index in [-0.39, 0.29) is 22.4 Å². The largest absolute Gasteiger partial charge is 0.349 e. The fourth-order valence-electron chi connectivity index (χ4n) is 3.62. The lowest BCUT2D eigenvalue weighted by molar-refractivity contribution is -0.112. The molecular formula is C25H26Br2N2O4S. The maximum atomic E-state index is 13.3. The van der Waals surface area contributed by atoms with E-state index < -0.39 is 15.7 Å². The molecule has 1 aliphatic rings. The zero-order valence-corrected chi connectivity index (χ0v) is 23.5. The molecule has 0 fully saturated rings. The van der Waals surface area contributed by atoms with Gasteiger partial charge < -0.3 is 4.74 Å². The molecule has 34 heavy (non-hydrogen) atoms. The second-order valence-corrected chi connectivity index (χ2v) is 11.5. The maximum absolute atomic E-state index is 13.3. The van der Waals surface area contributed by atoms with Crippen LogP contribution in [0.3, 0.4) is 0 Å². The standard InChI is InChI=1S/C25H26Br2N2O4S/c1-15(2)20-22(30)21(26)17(4)25(33-5,23(20)27)28-24(18-9-7-6-8-10-18)29-34(31,32)19-13-11-16(3)12-14-19/h6-15H,1-5H3,(H,28,29). The summed E-state index contributed by atoms with van der Waals surface area (Å²) in [6.45, 7) is 7.41. The maximum Gasteiger partial charge on any atom is 0.263 e. The predicted octanol–water partition coefficient (Wildman–Crippen LogP) is 5.62. The number of methoxy groups -OCH3 is 1. The van der Waals surface area contributed by atoms with Gasteiger partial charge in [0, 0.05) is 23.8 Å². The number of rotatable bonds is 6. The summed E-state index contributed by atoms with van der Waals surface area (Å²) in [5.41, 5.74) is 1.03. The topological polar surface area (TPSA) is 84.8 Å². The molecule has 180 valence electrons. The lowest BCUT2D eigenvalue weighted by Gasteiger charge is -2.36. The highest BCUT2D eigenvalue weighted by atomic mass is 79.9. The van der Waals surface area contributed by atoms with Crippen molar-refractivity contribution in [3.63, 3.8) is 0 Å². The van der Waals surface area contributed by atoms with Gasteiger partial charge in [0.2, 0.25) is 5.72 Å². The van der Waals surface area contributed by atoms with Crippen molar-refractivity contribution >= 4 is 53.5 Å². The van der Waals surface area contributed by atoms with Gasteiger partial charge in [0.05, 0.1) is 13.9 Å². The van der Waals surface area contributed by atoms with Crippen LogP contribution >= 0.6 is 31.9 Å². The van der Waals surface area contributed by atoms with Crippen molar-refractivity contribution in [2.45, 2.75) is 38.3 Å². The van der Waals surface area contributed by atoms with Crippen LogP contribution in [0.15, 0.2) is 84.6 Å². The Morgan fingerprint density at radius 3 is 2.15 bits per heavy atom. The van der Waals surface area contributed by atoms with Gasteiger partial charge in [-0.2, -0.15) is 0 Å². The van der Waals surface area contributed by atoms with Gasteiger partial charge in [0.1, 0.15) is 5.84 Å². The van der Waals surface area contributed by atoms with Crippen LogP contribution in [0, 0.1) is 12.8 Å². The van der Waals surface area contributed by atoms with Crippen LogP contribution in [-0.2, 0) is 19.6 Å². The zero-order valence-electron chi connectivity index (χ0n) is 19.5. The van der Waals surface area contributed by atoms with E-state index in [2.05, 4.69) is 36.6 Å². The number of aliphatic imine (C=N–C) groups is 1. The van der Waals surface area contributed by atoms with Crippen LogP contribution in [0.5, 0.6) is 0 Å². The number of ether oxygens (including phenoxy) is 1. The molecule has 1 aliphatic carbocycles. The fourth-order valence-corrected chi connectivity index (χ4v) is 6.32. The van der Waals surface area contributed by atoms with Crippen LogP contribution in [0.25, 0.3) is 0 Å². The summed E-state index contributed by atoms with van der Waals surface area (Å²) in [6.07, 6.45) is 0. The minimum atomic E-state index is -3.96. The number of carbonyl (C=O) groups is 1. The molecule has 1 N–H and O–H groups in total. The molecule has 1 atom stereocenters. The molecule has 0 radical (unpaired) electrons. The number of nitrogens with zero attached hydrogens (tertiary/aromatic N) is 1. The number of amidine groups is 1. The van der Waals surface area contributed by atoms with E-state index in [0.717, 1.165) is 5.56 Å². The molecule has 0 amide bonds. The molecule has 0 heterocycles. The number of Topliss-reactive ketones (excluding diaryl/α,β-unsaturated/α-hetero) is 1. The quantitative estimate of drug-likeness (QED) is 0.340. The number of nitrogens with one attached hydrogen (secondary N) is 1. The second kappa shape index (κ2) is 10.3. The highest BCUT2D eigenvalue weighted by molar-refractivity contribution is 9.12. The van der Waals surface area contributed by atoms with Gasteiger partial charge in [-0.15, -0.1) is 0 Å². The second-order valence-electron chi connectivity index (χ2n) is 8.24. The molecule has 0 saturated heterocycles. The molecule has 0 bridgehead atoms. The molecule has 0 saturated carbocycles. The Morgan fingerprint density at radius 1 is 1.03 bits per heavy atom. The molecule has 0 aliphatic heterocycles. The average Bonchev–Trinajstić information content (AvgIpc) is 2.80. The monoisotopic (exact) mass is 608 g/mol. The van der Waals surface area contributed by atoms with Crippen molar-refractivity contribution in [1.82, 2.24) is 4.72 Å². The third-order valence-corrected chi connectivity index (χ3v) is 8.84. The molecule has 0 aromatic heterocycles. The van der Waals surface area contributed by atoms with E-state index in [1.54, 1.807) is 55.5 Å². The number of benzene rings is 2. The summed E-state index contributed by atoms with van der Waals surface area (Å²) in [7, 11) is -2.49. The van der Waals surface area contributed by atoms with Gasteiger partial charge in [-0.25, -0.2) is 13.4 Å². The summed E-state index contributed by atoms with van der Waals surface area (Å²) in [4.78, 5) is 17.9. The normalized spacial score (nSPS) is 19.8. The molecule has 9 heteroatoms. The van der Waals surface area contributed by atoms with E-state index >= 15 is 0 Å². The number of hydrogen-bond acceptors (Lipinski definition) is 5. The number of hydrogen-bond donors (Lipinski definition) is 1. The van der Waals surface area contributed by atoms with Gasteiger partial charge in [0.25, 0.3) is 10.0 Å². The van der Waals surface area contributed by atoms with E-state index in [1.165, 1.54) is 7.11 Å². The number of ketones is 1. The molecular weight excluding hydrogens is 584 g/mol. The van der Waals surface area contributed by atoms with Crippen LogP contribution < -0.4 is 4.72 Å². The lowest BCUT2D eigenvalue weighted by atomic mass is 9.86. The van der Waals surface area contributed by atoms with Crippen molar-refractivity contribution in [3.8, 4) is 0 Å². The smallest absolute Gasteiger partial charge is 0.263 e. The van der Waals surface area contributed by atoms with Crippen molar-refractivity contribution in [2.75, 3.05) is 7.11 Å². The molecule has 2 aromatic carbocycles. The first-order chi connectivity index (χ1) is 15.9. The van der Waals surface area contributed by atoms with Gasteiger partial charge in [0.15, 0.2) is 5.78 Å². The zero-order chi connectivity index (χ0) is 25.3. The van der Waals surface area contributed by atoms with Crippen molar-refractivity contribution in [1.29, 1.82) is 0 Å². The van der Waals surface area contributed by atoms with Crippen LogP contribution in [-0.4, -0.2) is 32.9 Å². The minimum Gasteiger partial charge on any atom is -0.349 e. The molecule has 1 unspecified atom stereocenters. The summed E-state index contributed by atoms with van der Waals surface area (Å²) < 4.78 is 35.9. The Morgan fingerprint density at radius 2 is 1.62 bits per heavy atom. The Labute approximate surface area is 217 Å². The molecule has 0 spiro atoms. The van der Waals surface area contributed by atoms with Gasteiger partial charge in [-0.3, -0.25) is 9.52 Å². The molecule has 6 nitrogen and oxygen atoms in total. The summed E-state index contributed by atoms with van der Waals surface area (Å²) in [5, 5.41) is 0. The number of aryl methyl sites for hydroxylation is 1. The first-order valence-electron chi connectivity index (χ1n) is 10.6. The van der Waals surface area contributed by atoms with E-state index in [1.807, 2.05) is 26.8 Å². The third kappa shape index (κ3) is 4.98. The van der Waals surface area contributed by atoms with Gasteiger partial charge >= 0.3 is 0 Å². The number of halogens is 2. The Kier molecular flexibility index (Phi) is 8.02. The van der Waals surface area contributed by atoms with Crippen LogP contribution in [0.2, 0.25) is 0 Å². The van der Waals surface area contributed by atoms with Crippen LogP contribution in [0.1, 0.15) is 31.9 Å². The highest BCUT2D eigenvalue weighted by Crippen LogP contribution is 2.46. The Balaban J connectivity index is 2.27. The molecule has 3 rings (SSSR count). The van der Waals surface area contributed by atoms with E-state index in [4.69, 9.17) is 9.73 Å². The summed E-state index contributed by atoms with van der Waals surface area (Å²) in [5.74, 6) is -0.211. The summed E-state index contributed by atoms with van der Waals surface area (Å²) in [6, 6.07) is 15.5. The lowest BCUT2D eigenvalue weighted by Crippen LogP contribution is -2.42. The fraction of sp³-hybridized carbons (Fsp3) is 0.280. The number of carbonyl (C=O) groups excluding carboxylic acids is 1. The van der Waals surface area contributed by atoms with E-state index in [0.29, 0.717) is 25.7 Å². The summed E-state index contributed by atoms with van der Waals surface area (Å²) >= 11 is 6.99. The van der Waals surface area contributed by atoms with Gasteiger partial charge in [-0.05, 0) is 63.8 Å². The average molecular weight is 610 g/mol. The third-order valence-electron chi connectivity index (χ3n) is 5.57. The number of allylic oxidation sites excluding steroid dienone is 2. The first-order valence-corrected chi connectivity index (χ1v) is 13.6. The predicted molar refractivity (Wildman–Crippen MR) is 142 cm³/mol. The highest BCUT2D eigenvalue weighted by Gasteiger charge is 2.46. The SMILES string of the molecule is COC1(/N=C(\NS(=O)(=O)c2ccc(C)cc2)c2ccccc2)C(C)=C(Br)C(=O)C(C(C)C)=C1Br. The van der Waals surface area contributed by atoms with Gasteiger partial charge in [-0.1, -0.05) is 61.9 Å². The Hall–Kier alpha value is -2.07. The van der Waals surface area contributed by atoms with E-state index in [9.17, 15) is 13.2 Å². The Bertz CT molecular complexity index is 1300. The first kappa shape index (κ1) is 26.5. The van der Waals surface area contributed by atoms with Crippen molar-refractivity contribution in [2.24, 2.45) is 10.9 Å². The molecule has 2 aromatic rings. The number of sulfonamides is 1.